The number of rotatable bonds is 6. The average Bonchev–Trinajstić information content (AvgIpc) is 2.28. The molecule has 88 valence electrons. The maximum atomic E-state index is 5.39. The van der Waals surface area contributed by atoms with Crippen molar-refractivity contribution in [3.8, 4) is 5.75 Å². The minimum atomic E-state index is -0.262. The highest BCUT2D eigenvalue weighted by Gasteiger charge is 2.04. The van der Waals surface area contributed by atoms with E-state index < -0.39 is 0 Å². The van der Waals surface area contributed by atoms with Crippen LogP contribution >= 0.6 is 12.2 Å². The van der Waals surface area contributed by atoms with Gasteiger partial charge in [0.2, 0.25) is 0 Å². The van der Waals surface area contributed by atoms with Crippen LogP contribution in [0.25, 0.3) is 0 Å². The molecule has 0 saturated heterocycles. The molecule has 0 aliphatic heterocycles. The number of thiocarbonyl (C=S) groups is 1. The van der Waals surface area contributed by atoms with Gasteiger partial charge in [0.15, 0.2) is 11.3 Å². The van der Waals surface area contributed by atoms with Gasteiger partial charge < -0.3 is 14.2 Å². The van der Waals surface area contributed by atoms with E-state index in [-0.39, 0.29) is 12.9 Å². The molecule has 0 saturated carbocycles. The second-order valence-corrected chi connectivity index (χ2v) is 3.58. The maximum Gasteiger partial charge on any atom is 0.193 e. The monoisotopic (exact) mass is 240 g/mol. The first-order valence-corrected chi connectivity index (χ1v) is 5.62. The van der Waals surface area contributed by atoms with Gasteiger partial charge in [0.1, 0.15) is 12.4 Å². The van der Waals surface area contributed by atoms with Crippen molar-refractivity contribution in [2.24, 2.45) is 0 Å². The number of benzene rings is 1. The van der Waals surface area contributed by atoms with Crippen molar-refractivity contribution in [1.82, 2.24) is 0 Å². The van der Waals surface area contributed by atoms with Gasteiger partial charge in [-0.25, -0.2) is 0 Å². The fourth-order valence-corrected chi connectivity index (χ4v) is 1.28. The minimum absolute atomic E-state index is 0.255. The number of ether oxygens (including phenoxy) is 3. The fraction of sp³-hybridized carbons (Fsp3) is 0.417. The van der Waals surface area contributed by atoms with Crippen molar-refractivity contribution in [1.29, 1.82) is 0 Å². The van der Waals surface area contributed by atoms with Crippen LogP contribution in [0, 0.1) is 0 Å². The van der Waals surface area contributed by atoms with E-state index in [0.29, 0.717) is 11.7 Å². The molecule has 1 aromatic carbocycles. The Bertz CT molecular complexity index is 313. The average molecular weight is 240 g/mol. The summed E-state index contributed by atoms with van der Waals surface area (Å²) in [5.74, 6) is 0.722. The molecule has 1 atom stereocenters. The lowest BCUT2D eigenvalue weighted by Gasteiger charge is -2.13. The van der Waals surface area contributed by atoms with Crippen molar-refractivity contribution < 1.29 is 14.2 Å². The normalized spacial score (nSPS) is 12.1. The summed E-state index contributed by atoms with van der Waals surface area (Å²) >= 11 is 5.04. The summed E-state index contributed by atoms with van der Waals surface area (Å²) in [7, 11) is 0. The number of hydrogen-bond donors (Lipinski definition) is 0. The Hall–Kier alpha value is -0.970. The molecular formula is C12H16O3S. The van der Waals surface area contributed by atoms with Crippen LogP contribution in [-0.4, -0.2) is 24.6 Å². The quantitative estimate of drug-likeness (QED) is 0.564. The Morgan fingerprint density at radius 2 is 1.94 bits per heavy atom. The smallest absolute Gasteiger partial charge is 0.193 e. The molecule has 0 aliphatic rings. The van der Waals surface area contributed by atoms with Crippen LogP contribution in [0.4, 0.5) is 0 Å². The van der Waals surface area contributed by atoms with E-state index in [0.717, 1.165) is 5.75 Å². The van der Waals surface area contributed by atoms with E-state index >= 15 is 0 Å². The predicted molar refractivity (Wildman–Crippen MR) is 66.7 cm³/mol. The van der Waals surface area contributed by atoms with Crippen LogP contribution in [0.3, 0.4) is 0 Å². The van der Waals surface area contributed by atoms with Gasteiger partial charge in [0.05, 0.1) is 0 Å². The zero-order chi connectivity index (χ0) is 11.8. The lowest BCUT2D eigenvalue weighted by Crippen LogP contribution is -2.20. The van der Waals surface area contributed by atoms with Crippen molar-refractivity contribution in [2.75, 3.05) is 13.2 Å². The molecule has 0 aromatic heterocycles. The lowest BCUT2D eigenvalue weighted by molar-refractivity contribution is -0.116. The van der Waals surface area contributed by atoms with Gasteiger partial charge in [0, 0.05) is 6.61 Å². The molecule has 4 heteroatoms. The van der Waals surface area contributed by atoms with Crippen LogP contribution in [0.1, 0.15) is 13.8 Å². The highest BCUT2D eigenvalue weighted by atomic mass is 32.1. The highest BCUT2D eigenvalue weighted by molar-refractivity contribution is 7.80. The van der Waals surface area contributed by atoms with E-state index in [1.807, 2.05) is 44.2 Å². The van der Waals surface area contributed by atoms with E-state index in [1.165, 1.54) is 0 Å². The Morgan fingerprint density at radius 1 is 1.25 bits per heavy atom. The van der Waals surface area contributed by atoms with Crippen LogP contribution in [0.2, 0.25) is 0 Å². The molecule has 1 aromatic rings. The third-order valence-electron chi connectivity index (χ3n) is 1.81. The second-order valence-electron chi connectivity index (χ2n) is 3.12. The molecule has 0 fully saturated rings. The van der Waals surface area contributed by atoms with Gasteiger partial charge in [-0.1, -0.05) is 18.2 Å². The summed E-state index contributed by atoms with van der Waals surface area (Å²) in [5.41, 5.74) is 0. The summed E-state index contributed by atoms with van der Waals surface area (Å²) in [6, 6.07) is 9.39. The van der Waals surface area contributed by atoms with Gasteiger partial charge in [-0.2, -0.15) is 0 Å². The van der Waals surface area contributed by atoms with Gasteiger partial charge in [-0.3, -0.25) is 0 Å². The van der Waals surface area contributed by atoms with Gasteiger partial charge in [0.25, 0.3) is 0 Å². The molecule has 16 heavy (non-hydrogen) atoms. The number of para-hydroxylation sites is 1. The largest absolute Gasteiger partial charge is 0.448 e. The lowest BCUT2D eigenvalue weighted by atomic mass is 10.3. The molecule has 1 rings (SSSR count). The van der Waals surface area contributed by atoms with E-state index in [9.17, 15) is 0 Å². The molecule has 1 unspecified atom stereocenters. The Labute approximate surface area is 101 Å². The Morgan fingerprint density at radius 3 is 2.56 bits per heavy atom. The van der Waals surface area contributed by atoms with Crippen molar-refractivity contribution in [3.05, 3.63) is 30.3 Å². The molecule has 0 spiro atoms. The first-order valence-electron chi connectivity index (χ1n) is 5.21. The zero-order valence-electron chi connectivity index (χ0n) is 9.51. The summed E-state index contributed by atoms with van der Waals surface area (Å²) in [6.45, 7) is 4.62. The van der Waals surface area contributed by atoms with Crippen LogP contribution in [0.5, 0.6) is 5.75 Å². The van der Waals surface area contributed by atoms with Crippen LogP contribution in [0.15, 0.2) is 30.3 Å². The third-order valence-corrected chi connectivity index (χ3v) is 2.01. The summed E-state index contributed by atoms with van der Waals surface area (Å²) in [6.07, 6.45) is -0.262. The molecule has 0 aliphatic carbocycles. The maximum absolute atomic E-state index is 5.39. The van der Waals surface area contributed by atoms with Crippen molar-refractivity contribution >= 4 is 17.3 Å². The molecule has 3 nitrogen and oxygen atoms in total. The van der Waals surface area contributed by atoms with Crippen LogP contribution < -0.4 is 4.74 Å². The predicted octanol–water partition coefficient (Wildman–Crippen LogP) is 2.79. The van der Waals surface area contributed by atoms with E-state index in [2.05, 4.69) is 0 Å². The standard InChI is InChI=1S/C12H16O3S/c1-3-13-10(2)14-9-12(16)15-11-7-5-4-6-8-11/h4-8,10H,3,9H2,1-2H3. The summed E-state index contributed by atoms with van der Waals surface area (Å²) in [4.78, 5) is 0. The summed E-state index contributed by atoms with van der Waals surface area (Å²) < 4.78 is 15.9. The fourth-order valence-electron chi connectivity index (χ4n) is 1.12. The van der Waals surface area contributed by atoms with Crippen molar-refractivity contribution in [3.63, 3.8) is 0 Å². The van der Waals surface area contributed by atoms with Crippen LogP contribution in [-0.2, 0) is 9.47 Å². The Balaban J connectivity index is 2.26. The van der Waals surface area contributed by atoms with Gasteiger partial charge in [-0.15, -0.1) is 0 Å². The zero-order valence-corrected chi connectivity index (χ0v) is 10.3. The summed E-state index contributed by atoms with van der Waals surface area (Å²) in [5, 5.41) is 0.401. The molecule has 0 heterocycles. The SMILES string of the molecule is CCOC(C)OCC(=S)Oc1ccccc1. The molecule has 0 amide bonds. The van der Waals surface area contributed by atoms with E-state index in [1.54, 1.807) is 0 Å². The molecule has 0 radical (unpaired) electrons. The van der Waals surface area contributed by atoms with Crippen molar-refractivity contribution in [2.45, 2.75) is 20.1 Å². The van der Waals surface area contributed by atoms with Gasteiger partial charge in [-0.05, 0) is 38.2 Å². The topological polar surface area (TPSA) is 27.7 Å². The number of hydrogen-bond acceptors (Lipinski definition) is 4. The third kappa shape index (κ3) is 5.21. The second kappa shape index (κ2) is 7.33. The molecule has 0 bridgehead atoms. The Kier molecular flexibility index (Phi) is 6.00. The van der Waals surface area contributed by atoms with E-state index in [4.69, 9.17) is 26.4 Å². The molecular weight excluding hydrogens is 224 g/mol. The minimum Gasteiger partial charge on any atom is -0.448 e. The first-order chi connectivity index (χ1) is 7.72. The highest BCUT2D eigenvalue weighted by Crippen LogP contribution is 2.09. The van der Waals surface area contributed by atoms with Gasteiger partial charge >= 0.3 is 0 Å². The first kappa shape index (κ1) is 13.1. The molecule has 0 N–H and O–H groups in total.